The van der Waals surface area contributed by atoms with Gasteiger partial charge in [-0.1, -0.05) is 66.2 Å². The minimum atomic E-state index is -0.921. The maximum Gasteiger partial charge on any atom is 0.285 e. The minimum Gasteiger partial charge on any atom is -0.327 e. The largest absolute Gasteiger partial charge is 0.327 e. The molecule has 1 atom stereocenters. The fourth-order valence-corrected chi connectivity index (χ4v) is 4.19. The Bertz CT molecular complexity index is 303. The Morgan fingerprint density at radius 2 is 1.11 bits per heavy atom. The Kier molecular flexibility index (Phi) is 19.9. The van der Waals surface area contributed by atoms with Crippen LogP contribution in [0.25, 0.3) is 0 Å². The standard InChI is InChI=1S/C23H48O3S2/c1-5-9-10-11-12-13-14-22(18-21(19-27)20-28)23(24-15-6-2,25-16-7-3)26-17-8-4/h21-22,27-28H,5-20H2,1-4H3. The molecule has 0 aliphatic carbocycles. The lowest BCUT2D eigenvalue weighted by atomic mass is 9.89. The number of hydrogen-bond donors (Lipinski definition) is 2. The molecular weight excluding hydrogens is 388 g/mol. The highest BCUT2D eigenvalue weighted by Gasteiger charge is 2.43. The van der Waals surface area contributed by atoms with E-state index in [9.17, 15) is 0 Å². The smallest absolute Gasteiger partial charge is 0.285 e. The summed E-state index contributed by atoms with van der Waals surface area (Å²) in [6, 6.07) is 0. The molecule has 0 saturated heterocycles. The summed E-state index contributed by atoms with van der Waals surface area (Å²) in [7, 11) is 0. The molecule has 0 spiro atoms. The van der Waals surface area contributed by atoms with Crippen molar-refractivity contribution >= 4 is 25.3 Å². The van der Waals surface area contributed by atoms with Crippen molar-refractivity contribution in [1.29, 1.82) is 0 Å². The molecule has 0 rings (SSSR count). The van der Waals surface area contributed by atoms with E-state index >= 15 is 0 Å². The fraction of sp³-hybridized carbons (Fsp3) is 1.00. The lowest BCUT2D eigenvalue weighted by Crippen LogP contribution is -2.48. The first-order valence-corrected chi connectivity index (χ1v) is 13.0. The molecule has 0 fully saturated rings. The van der Waals surface area contributed by atoms with E-state index in [1.807, 2.05) is 0 Å². The fourth-order valence-electron chi connectivity index (χ4n) is 3.43. The zero-order valence-electron chi connectivity index (χ0n) is 19.1. The Morgan fingerprint density at radius 1 is 0.643 bits per heavy atom. The maximum absolute atomic E-state index is 6.34. The van der Waals surface area contributed by atoms with Crippen LogP contribution < -0.4 is 0 Å². The second-order valence-electron chi connectivity index (χ2n) is 7.87. The van der Waals surface area contributed by atoms with Gasteiger partial charge in [0.15, 0.2) is 0 Å². The molecule has 0 heterocycles. The van der Waals surface area contributed by atoms with Gasteiger partial charge in [-0.25, -0.2) is 0 Å². The van der Waals surface area contributed by atoms with Gasteiger partial charge in [-0.15, -0.1) is 0 Å². The molecule has 28 heavy (non-hydrogen) atoms. The molecule has 1 unspecified atom stereocenters. The molecule has 0 aromatic heterocycles. The summed E-state index contributed by atoms with van der Waals surface area (Å²) in [5.41, 5.74) is 0. The molecule has 0 aromatic carbocycles. The molecule has 0 saturated carbocycles. The predicted octanol–water partition coefficient (Wildman–Crippen LogP) is 7.15. The third-order valence-electron chi connectivity index (χ3n) is 5.06. The molecule has 170 valence electrons. The molecule has 0 aliphatic rings. The van der Waals surface area contributed by atoms with E-state index in [2.05, 4.69) is 53.0 Å². The number of ether oxygens (including phenoxy) is 3. The summed E-state index contributed by atoms with van der Waals surface area (Å²) >= 11 is 9.11. The van der Waals surface area contributed by atoms with E-state index in [-0.39, 0.29) is 5.92 Å². The van der Waals surface area contributed by atoms with Crippen molar-refractivity contribution in [3.05, 3.63) is 0 Å². The second-order valence-corrected chi connectivity index (χ2v) is 8.60. The molecular formula is C23H48O3S2. The minimum absolute atomic E-state index is 0.215. The van der Waals surface area contributed by atoms with Crippen LogP contribution in [-0.4, -0.2) is 37.3 Å². The van der Waals surface area contributed by atoms with E-state index in [0.29, 0.717) is 25.7 Å². The molecule has 0 radical (unpaired) electrons. The third-order valence-corrected chi connectivity index (χ3v) is 6.10. The van der Waals surface area contributed by atoms with Crippen molar-refractivity contribution < 1.29 is 14.2 Å². The average molecular weight is 437 g/mol. The highest BCUT2D eigenvalue weighted by molar-refractivity contribution is 7.81. The van der Waals surface area contributed by atoms with Crippen LogP contribution in [0.15, 0.2) is 0 Å². The van der Waals surface area contributed by atoms with Crippen molar-refractivity contribution in [1.82, 2.24) is 0 Å². The molecule has 0 aliphatic heterocycles. The van der Waals surface area contributed by atoms with E-state index in [0.717, 1.165) is 43.6 Å². The van der Waals surface area contributed by atoms with Crippen molar-refractivity contribution in [3.63, 3.8) is 0 Å². The number of unbranched alkanes of at least 4 members (excludes halogenated alkanes) is 5. The lowest BCUT2D eigenvalue weighted by Gasteiger charge is -2.41. The molecule has 0 amide bonds. The van der Waals surface area contributed by atoms with Crippen LogP contribution in [0.3, 0.4) is 0 Å². The van der Waals surface area contributed by atoms with Crippen LogP contribution in [-0.2, 0) is 14.2 Å². The summed E-state index contributed by atoms with van der Waals surface area (Å²) in [5.74, 6) is 1.41. The summed E-state index contributed by atoms with van der Waals surface area (Å²) in [6.07, 6.45) is 12.7. The van der Waals surface area contributed by atoms with E-state index in [1.54, 1.807) is 0 Å². The van der Waals surface area contributed by atoms with E-state index in [1.165, 1.54) is 38.5 Å². The van der Waals surface area contributed by atoms with Crippen molar-refractivity contribution in [2.75, 3.05) is 31.3 Å². The van der Waals surface area contributed by atoms with Gasteiger partial charge in [-0.05, 0) is 49.5 Å². The second kappa shape index (κ2) is 19.5. The normalized spacial score (nSPS) is 13.4. The first-order valence-electron chi connectivity index (χ1n) is 11.8. The van der Waals surface area contributed by atoms with Crippen LogP contribution in [0.1, 0.15) is 98.3 Å². The molecule has 0 bridgehead atoms. The molecule has 5 heteroatoms. The van der Waals surface area contributed by atoms with Crippen molar-refractivity contribution in [2.24, 2.45) is 11.8 Å². The van der Waals surface area contributed by atoms with Gasteiger partial charge in [0.25, 0.3) is 5.97 Å². The van der Waals surface area contributed by atoms with Gasteiger partial charge in [-0.2, -0.15) is 25.3 Å². The van der Waals surface area contributed by atoms with Crippen LogP contribution in [0.4, 0.5) is 0 Å². The van der Waals surface area contributed by atoms with Gasteiger partial charge in [-0.3, -0.25) is 0 Å². The van der Waals surface area contributed by atoms with Gasteiger partial charge in [0, 0.05) is 5.92 Å². The number of rotatable bonds is 21. The SMILES string of the molecule is CCCCCCCCC(CC(CS)CS)C(OCCC)(OCCC)OCCC. The quantitative estimate of drug-likeness (QED) is 0.114. The van der Waals surface area contributed by atoms with Crippen LogP contribution >= 0.6 is 25.3 Å². The zero-order valence-corrected chi connectivity index (χ0v) is 20.9. The summed E-state index contributed by atoms with van der Waals surface area (Å²) in [6.45, 7) is 10.7. The van der Waals surface area contributed by atoms with Gasteiger partial charge in [0.1, 0.15) is 0 Å². The topological polar surface area (TPSA) is 27.7 Å². The Hall–Kier alpha value is 0.580. The van der Waals surface area contributed by atoms with Crippen molar-refractivity contribution in [2.45, 2.75) is 104 Å². The lowest BCUT2D eigenvalue weighted by molar-refractivity contribution is -0.407. The summed E-state index contributed by atoms with van der Waals surface area (Å²) < 4.78 is 19.0. The Morgan fingerprint density at radius 3 is 1.54 bits per heavy atom. The summed E-state index contributed by atoms with van der Waals surface area (Å²) in [4.78, 5) is 0. The first-order chi connectivity index (χ1) is 13.6. The van der Waals surface area contributed by atoms with Crippen molar-refractivity contribution in [3.8, 4) is 0 Å². The summed E-state index contributed by atoms with van der Waals surface area (Å²) in [5, 5.41) is 0. The van der Waals surface area contributed by atoms with Gasteiger partial charge in [0.2, 0.25) is 0 Å². The monoisotopic (exact) mass is 436 g/mol. The van der Waals surface area contributed by atoms with E-state index in [4.69, 9.17) is 14.2 Å². The van der Waals surface area contributed by atoms with E-state index < -0.39 is 5.97 Å². The highest BCUT2D eigenvalue weighted by Crippen LogP contribution is 2.36. The first kappa shape index (κ1) is 28.6. The molecule has 3 nitrogen and oxygen atoms in total. The van der Waals surface area contributed by atoms with Crippen LogP contribution in [0.2, 0.25) is 0 Å². The van der Waals surface area contributed by atoms with Crippen LogP contribution in [0, 0.1) is 11.8 Å². The molecule has 0 aromatic rings. The number of thiol groups is 2. The highest BCUT2D eigenvalue weighted by atomic mass is 32.1. The van der Waals surface area contributed by atoms with Gasteiger partial charge >= 0.3 is 0 Å². The van der Waals surface area contributed by atoms with Gasteiger partial charge < -0.3 is 14.2 Å². The van der Waals surface area contributed by atoms with Crippen LogP contribution in [0.5, 0.6) is 0 Å². The predicted molar refractivity (Wildman–Crippen MR) is 129 cm³/mol. The Labute approximate surface area is 186 Å². The maximum atomic E-state index is 6.34. The average Bonchev–Trinajstić information content (AvgIpc) is 2.72. The number of hydrogen-bond acceptors (Lipinski definition) is 5. The third kappa shape index (κ3) is 12.3. The molecule has 0 N–H and O–H groups in total. The Balaban J connectivity index is 5.29. The zero-order chi connectivity index (χ0) is 21.1. The van der Waals surface area contributed by atoms with Gasteiger partial charge in [0.05, 0.1) is 19.8 Å².